The summed E-state index contributed by atoms with van der Waals surface area (Å²) in [5.41, 5.74) is 0. The zero-order valence-electron chi connectivity index (χ0n) is 56.3. The van der Waals surface area contributed by atoms with Crippen molar-refractivity contribution in [1.29, 1.82) is 0 Å². The van der Waals surface area contributed by atoms with Gasteiger partial charge in [-0.2, -0.15) is 0 Å². The number of carbonyl (C=O) groups is 1. The van der Waals surface area contributed by atoms with Gasteiger partial charge in [0.05, 0.1) is 38.6 Å². The first-order chi connectivity index (χ1) is 44.3. The Hall–Kier alpha value is -2.25. The molecule has 0 bridgehead atoms. The second-order valence-corrected chi connectivity index (χ2v) is 26.0. The fourth-order valence-corrected chi connectivity index (χ4v) is 12.2. The van der Waals surface area contributed by atoms with Crippen LogP contribution in [0.3, 0.4) is 0 Å². The molecule has 0 aromatic rings. The molecule has 3 aliphatic heterocycles. The molecule has 17 unspecified atom stereocenters. The highest BCUT2D eigenvalue weighted by Crippen LogP contribution is 2.33. The van der Waals surface area contributed by atoms with Gasteiger partial charge < -0.3 is 89.9 Å². The minimum absolute atomic E-state index is 0.237. The van der Waals surface area contributed by atoms with Crippen LogP contribution in [0.15, 0.2) is 48.6 Å². The Bertz CT molecular complexity index is 1840. The van der Waals surface area contributed by atoms with Gasteiger partial charge in [0.2, 0.25) is 5.91 Å². The fourth-order valence-electron chi connectivity index (χ4n) is 12.2. The standard InChI is InChI=1S/C72H131NO18/c1-3-5-7-9-11-13-15-17-19-21-22-23-24-25-26-27-28-29-30-31-32-34-36-38-40-42-44-46-48-50-60(78)73-55(56(77)49-47-45-43-41-39-37-35-33-20-18-16-14-12-10-8-6-4-2)54-86-70-66(84)63(81)68(58(52-75)88-70)91-72-67(85)64(82)69(59(53-76)89-72)90-71-65(83)62(80)61(79)57(51-74)87-71/h15,17,21-22,39,41,47,49,55-59,61-72,74-77,79-85H,3-14,16,18-20,23-38,40,42-46,48,50-54H2,1-2H3,(H,73,78)/b17-15-,22-21-,41-39+,49-47+. The minimum atomic E-state index is -1.98. The van der Waals surface area contributed by atoms with Gasteiger partial charge in [-0.25, -0.2) is 0 Å². The van der Waals surface area contributed by atoms with Crippen LogP contribution in [0.1, 0.15) is 271 Å². The van der Waals surface area contributed by atoms with Crippen molar-refractivity contribution in [3.8, 4) is 0 Å². The van der Waals surface area contributed by atoms with Gasteiger partial charge in [0.25, 0.3) is 0 Å². The number of nitrogens with one attached hydrogen (secondary N) is 1. The summed E-state index contributed by atoms with van der Waals surface area (Å²) >= 11 is 0. The first kappa shape index (κ1) is 83.0. The van der Waals surface area contributed by atoms with Crippen LogP contribution in [0.2, 0.25) is 0 Å². The lowest BCUT2D eigenvalue weighted by atomic mass is 9.96. The van der Waals surface area contributed by atoms with Crippen LogP contribution in [0, 0.1) is 0 Å². The summed E-state index contributed by atoms with van der Waals surface area (Å²) < 4.78 is 34.3. The van der Waals surface area contributed by atoms with Crippen LogP contribution in [0.5, 0.6) is 0 Å². The lowest BCUT2D eigenvalue weighted by Crippen LogP contribution is -2.66. The summed E-state index contributed by atoms with van der Waals surface area (Å²) in [5, 5.41) is 121. The number of hydrogen-bond donors (Lipinski definition) is 12. The number of ether oxygens (including phenoxy) is 6. The third kappa shape index (κ3) is 35.5. The maximum Gasteiger partial charge on any atom is 0.220 e. The molecule has 0 spiro atoms. The highest BCUT2D eigenvalue weighted by Gasteiger charge is 2.53. The highest BCUT2D eigenvalue weighted by molar-refractivity contribution is 5.76. The predicted octanol–water partition coefficient (Wildman–Crippen LogP) is 10.2. The molecule has 0 aromatic heterocycles. The van der Waals surface area contributed by atoms with E-state index in [1.54, 1.807) is 6.08 Å². The third-order valence-corrected chi connectivity index (χ3v) is 18.1. The average Bonchev–Trinajstić information content (AvgIpc) is 0.884. The first-order valence-corrected chi connectivity index (χ1v) is 36.4. The molecule has 0 radical (unpaired) electrons. The van der Waals surface area contributed by atoms with E-state index in [2.05, 4.69) is 55.6 Å². The summed E-state index contributed by atoms with van der Waals surface area (Å²) in [5.74, 6) is -0.283. The average molecular weight is 1300 g/mol. The largest absolute Gasteiger partial charge is 0.394 e. The molecular weight excluding hydrogens is 1170 g/mol. The topological polar surface area (TPSA) is 307 Å². The van der Waals surface area contributed by atoms with Crippen molar-refractivity contribution in [1.82, 2.24) is 5.32 Å². The normalized spacial score (nSPS) is 28.1. The van der Waals surface area contributed by atoms with E-state index in [0.29, 0.717) is 12.8 Å². The lowest BCUT2D eigenvalue weighted by molar-refractivity contribution is -0.379. The highest BCUT2D eigenvalue weighted by atomic mass is 16.8. The summed E-state index contributed by atoms with van der Waals surface area (Å²) in [4.78, 5) is 13.4. The van der Waals surface area contributed by atoms with Gasteiger partial charge in [0.15, 0.2) is 18.9 Å². The minimum Gasteiger partial charge on any atom is -0.394 e. The molecule has 3 fully saturated rings. The number of hydrogen-bond acceptors (Lipinski definition) is 18. The maximum atomic E-state index is 13.4. The van der Waals surface area contributed by atoms with Gasteiger partial charge >= 0.3 is 0 Å². The molecule has 3 heterocycles. The van der Waals surface area contributed by atoms with Crippen LogP contribution in [-0.4, -0.2) is 193 Å². The molecule has 91 heavy (non-hydrogen) atoms. The third-order valence-electron chi connectivity index (χ3n) is 18.1. The van der Waals surface area contributed by atoms with Gasteiger partial charge in [0.1, 0.15) is 73.2 Å². The number of aliphatic hydroxyl groups excluding tert-OH is 11. The Morgan fingerprint density at radius 1 is 0.396 bits per heavy atom. The Morgan fingerprint density at radius 3 is 1.16 bits per heavy atom. The quantitative estimate of drug-likeness (QED) is 0.0199. The Labute approximate surface area is 548 Å². The predicted molar refractivity (Wildman–Crippen MR) is 356 cm³/mol. The van der Waals surface area contributed by atoms with E-state index in [1.807, 2.05) is 6.08 Å². The van der Waals surface area contributed by atoms with Crippen LogP contribution in [0.4, 0.5) is 0 Å². The number of allylic oxidation sites excluding steroid dienone is 7. The smallest absolute Gasteiger partial charge is 0.220 e. The molecule has 1 amide bonds. The molecule has 12 N–H and O–H groups in total. The van der Waals surface area contributed by atoms with E-state index < -0.39 is 124 Å². The molecular formula is C72H131NO18. The van der Waals surface area contributed by atoms with Gasteiger partial charge in [-0.15, -0.1) is 0 Å². The molecule has 0 aliphatic carbocycles. The Balaban J connectivity index is 1.40. The van der Waals surface area contributed by atoms with Crippen molar-refractivity contribution in [2.45, 2.75) is 375 Å². The number of rotatable bonds is 56. The van der Waals surface area contributed by atoms with E-state index in [4.69, 9.17) is 28.4 Å². The van der Waals surface area contributed by atoms with E-state index in [1.165, 1.54) is 193 Å². The van der Waals surface area contributed by atoms with Crippen molar-refractivity contribution in [2.75, 3.05) is 26.4 Å². The number of carbonyl (C=O) groups excluding carboxylic acids is 1. The van der Waals surface area contributed by atoms with Crippen molar-refractivity contribution in [3.63, 3.8) is 0 Å². The van der Waals surface area contributed by atoms with Gasteiger partial charge in [-0.3, -0.25) is 4.79 Å². The molecule has 0 aromatic carbocycles. The molecule has 3 saturated heterocycles. The van der Waals surface area contributed by atoms with Gasteiger partial charge in [0, 0.05) is 6.42 Å². The van der Waals surface area contributed by atoms with Crippen LogP contribution in [-0.2, 0) is 33.2 Å². The van der Waals surface area contributed by atoms with Crippen molar-refractivity contribution in [2.24, 2.45) is 0 Å². The van der Waals surface area contributed by atoms with Crippen LogP contribution in [0.25, 0.3) is 0 Å². The molecule has 3 rings (SSSR count). The van der Waals surface area contributed by atoms with Crippen LogP contribution < -0.4 is 5.32 Å². The van der Waals surface area contributed by atoms with Gasteiger partial charge in [-0.1, -0.05) is 249 Å². The first-order valence-electron chi connectivity index (χ1n) is 36.4. The summed E-state index contributed by atoms with van der Waals surface area (Å²) in [7, 11) is 0. The SMILES string of the molecule is CCCCCCC/C=C\C/C=C\CCCCCCCCCCCCCCCCCCCC(=O)NC(COC1OC(CO)C(OC2OC(CO)C(OC3OC(CO)C(O)C(O)C3O)C(O)C2O)C(O)C1O)C(O)/C=C/CC/C=C/CCCCCCCCCCCCC. The maximum absolute atomic E-state index is 13.4. The Kier molecular flexibility index (Phi) is 49.1. The number of aliphatic hydroxyl groups is 11. The fraction of sp³-hybridized carbons (Fsp3) is 0.875. The molecule has 19 nitrogen and oxygen atoms in total. The molecule has 19 heteroatoms. The summed E-state index contributed by atoms with van der Waals surface area (Å²) in [6, 6.07) is -0.990. The zero-order chi connectivity index (χ0) is 66.1. The van der Waals surface area contributed by atoms with Crippen molar-refractivity contribution in [3.05, 3.63) is 48.6 Å². The summed E-state index contributed by atoms with van der Waals surface area (Å²) in [6.07, 6.45) is 38.1. The van der Waals surface area contributed by atoms with Crippen LogP contribution >= 0.6 is 0 Å². The Morgan fingerprint density at radius 2 is 0.736 bits per heavy atom. The number of amides is 1. The second kappa shape index (κ2) is 53.8. The zero-order valence-corrected chi connectivity index (χ0v) is 56.3. The molecule has 3 aliphatic rings. The van der Waals surface area contributed by atoms with E-state index in [-0.39, 0.29) is 18.9 Å². The summed E-state index contributed by atoms with van der Waals surface area (Å²) in [6.45, 7) is 1.72. The van der Waals surface area contributed by atoms with Gasteiger partial charge in [-0.05, 0) is 64.2 Å². The lowest BCUT2D eigenvalue weighted by Gasteiger charge is -2.48. The molecule has 0 saturated carbocycles. The van der Waals surface area contributed by atoms with Crippen molar-refractivity contribution >= 4 is 5.91 Å². The van der Waals surface area contributed by atoms with Crippen molar-refractivity contribution < 1.29 is 89.4 Å². The molecule has 532 valence electrons. The molecule has 17 atom stereocenters. The second-order valence-electron chi connectivity index (χ2n) is 26.0. The van der Waals surface area contributed by atoms with E-state index in [0.717, 1.165) is 44.9 Å². The monoisotopic (exact) mass is 1300 g/mol. The van der Waals surface area contributed by atoms with E-state index in [9.17, 15) is 61.0 Å². The number of unbranched alkanes of at least 4 members (excludes halogenated alkanes) is 34. The van der Waals surface area contributed by atoms with E-state index >= 15 is 0 Å².